The van der Waals surface area contributed by atoms with Crippen molar-refractivity contribution in [1.29, 1.82) is 0 Å². The van der Waals surface area contributed by atoms with Crippen LogP contribution < -0.4 is 16.0 Å². The quantitative estimate of drug-likeness (QED) is 0.434. The molecule has 0 bridgehead atoms. The predicted molar refractivity (Wildman–Crippen MR) is 71.9 cm³/mol. The number of nitrogen functional groups attached to an aromatic ring is 1. The first-order valence-electron chi connectivity index (χ1n) is 5.74. The van der Waals surface area contributed by atoms with E-state index in [0.717, 1.165) is 0 Å². The summed E-state index contributed by atoms with van der Waals surface area (Å²) in [5.41, 5.74) is 4.34. The van der Waals surface area contributed by atoms with Crippen LogP contribution in [0.5, 0.6) is 0 Å². The number of tetrazole rings is 1. The van der Waals surface area contributed by atoms with E-state index in [1.54, 1.807) is 26.0 Å². The molecule has 10 heteroatoms. The van der Waals surface area contributed by atoms with Crippen LogP contribution in [0.3, 0.4) is 0 Å². The van der Waals surface area contributed by atoms with Crippen molar-refractivity contribution < 1.29 is 8.42 Å². The molecular formula is C10H15N7O2S. The lowest BCUT2D eigenvalue weighted by Gasteiger charge is -2.13. The van der Waals surface area contributed by atoms with Gasteiger partial charge in [-0.3, -0.25) is 5.84 Å². The number of rotatable bonds is 5. The van der Waals surface area contributed by atoms with Crippen LogP contribution in [0.25, 0.3) is 0 Å². The van der Waals surface area contributed by atoms with Gasteiger partial charge in [0.2, 0.25) is 10.0 Å². The molecule has 0 radical (unpaired) electrons. The number of hydrogen-bond acceptors (Lipinski definition) is 7. The molecular weight excluding hydrogens is 282 g/mol. The van der Waals surface area contributed by atoms with E-state index in [4.69, 9.17) is 5.84 Å². The largest absolute Gasteiger partial charge is 0.324 e. The first-order valence-corrected chi connectivity index (χ1v) is 7.22. The van der Waals surface area contributed by atoms with E-state index in [-0.39, 0.29) is 17.3 Å². The Bertz CT molecular complexity index is 673. The van der Waals surface area contributed by atoms with Crippen LogP contribution in [-0.2, 0) is 16.6 Å². The molecule has 2 rings (SSSR count). The number of hydrazine groups is 1. The van der Waals surface area contributed by atoms with Crippen LogP contribution in [-0.4, -0.2) is 29.0 Å². The number of aryl methyl sites for hydroxylation is 2. The summed E-state index contributed by atoms with van der Waals surface area (Å²) < 4.78 is 27.1. The van der Waals surface area contributed by atoms with Crippen LogP contribution in [0.2, 0.25) is 0 Å². The van der Waals surface area contributed by atoms with E-state index in [2.05, 4.69) is 30.8 Å². The number of hydrogen-bond donors (Lipinski definition) is 4. The highest BCUT2D eigenvalue weighted by atomic mass is 32.2. The normalized spacial score (nSPS) is 11.6. The summed E-state index contributed by atoms with van der Waals surface area (Å²) in [6.45, 7) is 3.38. The minimum Gasteiger partial charge on any atom is -0.324 e. The van der Waals surface area contributed by atoms with Crippen molar-refractivity contribution in [3.63, 3.8) is 0 Å². The summed E-state index contributed by atoms with van der Waals surface area (Å²) in [7, 11) is -3.66. The Morgan fingerprint density at radius 2 is 1.95 bits per heavy atom. The zero-order chi connectivity index (χ0) is 14.8. The first-order chi connectivity index (χ1) is 9.44. The van der Waals surface area contributed by atoms with Gasteiger partial charge in [-0.25, -0.2) is 13.1 Å². The lowest BCUT2D eigenvalue weighted by atomic mass is 10.1. The van der Waals surface area contributed by atoms with Gasteiger partial charge >= 0.3 is 0 Å². The molecule has 0 spiro atoms. The van der Waals surface area contributed by atoms with Gasteiger partial charge in [-0.2, -0.15) is 5.21 Å². The number of benzene rings is 1. The molecule has 9 nitrogen and oxygen atoms in total. The number of sulfonamides is 1. The molecule has 1 aromatic heterocycles. The van der Waals surface area contributed by atoms with E-state index in [9.17, 15) is 8.42 Å². The van der Waals surface area contributed by atoms with E-state index in [0.29, 0.717) is 16.8 Å². The molecule has 0 aliphatic heterocycles. The topological polar surface area (TPSA) is 139 Å². The fourth-order valence-corrected chi connectivity index (χ4v) is 3.38. The molecule has 20 heavy (non-hydrogen) atoms. The SMILES string of the molecule is Cc1cc(NN)cc(C)c1S(=O)(=O)NCc1nn[nH]n1. The van der Waals surface area contributed by atoms with Crippen LogP contribution in [0, 0.1) is 13.8 Å². The molecule has 0 amide bonds. The summed E-state index contributed by atoms with van der Waals surface area (Å²) in [6, 6.07) is 3.33. The molecule has 108 valence electrons. The van der Waals surface area contributed by atoms with E-state index < -0.39 is 10.0 Å². The molecule has 0 saturated heterocycles. The number of aromatic amines is 1. The number of H-pyrrole nitrogens is 1. The number of nitrogens with one attached hydrogen (secondary N) is 3. The van der Waals surface area contributed by atoms with Crippen molar-refractivity contribution in [1.82, 2.24) is 25.3 Å². The molecule has 1 aromatic carbocycles. The minimum atomic E-state index is -3.66. The summed E-state index contributed by atoms with van der Waals surface area (Å²) >= 11 is 0. The molecule has 5 N–H and O–H groups in total. The van der Waals surface area contributed by atoms with Crippen molar-refractivity contribution >= 4 is 15.7 Å². The first kappa shape index (κ1) is 14.4. The van der Waals surface area contributed by atoms with E-state index in [1.165, 1.54) is 0 Å². The predicted octanol–water partition coefficient (Wildman–Crippen LogP) is -0.419. The Kier molecular flexibility index (Phi) is 3.97. The smallest absolute Gasteiger partial charge is 0.241 e. The molecule has 0 atom stereocenters. The molecule has 0 fully saturated rings. The van der Waals surface area contributed by atoms with Gasteiger partial charge in [0.25, 0.3) is 0 Å². The maximum atomic E-state index is 12.3. The second-order valence-corrected chi connectivity index (χ2v) is 5.94. The highest BCUT2D eigenvalue weighted by molar-refractivity contribution is 7.89. The molecule has 0 aliphatic rings. The average Bonchev–Trinajstić information content (AvgIpc) is 2.88. The summed E-state index contributed by atoms with van der Waals surface area (Å²) in [6.07, 6.45) is 0. The Morgan fingerprint density at radius 3 is 2.45 bits per heavy atom. The van der Waals surface area contributed by atoms with Crippen molar-refractivity contribution in [2.75, 3.05) is 5.43 Å². The summed E-state index contributed by atoms with van der Waals surface area (Å²) in [5, 5.41) is 13.0. The lowest BCUT2D eigenvalue weighted by molar-refractivity contribution is 0.578. The van der Waals surface area contributed by atoms with Gasteiger partial charge in [0.05, 0.1) is 11.4 Å². The van der Waals surface area contributed by atoms with Gasteiger partial charge in [0, 0.05) is 5.69 Å². The fraction of sp³-hybridized carbons (Fsp3) is 0.300. The van der Waals surface area contributed by atoms with E-state index in [1.807, 2.05) is 0 Å². The van der Waals surface area contributed by atoms with Gasteiger partial charge < -0.3 is 5.43 Å². The summed E-state index contributed by atoms with van der Waals surface area (Å²) in [4.78, 5) is 0.222. The molecule has 2 aromatic rings. The van der Waals surface area contributed by atoms with Crippen LogP contribution in [0.1, 0.15) is 17.0 Å². The van der Waals surface area contributed by atoms with Crippen LogP contribution in [0.15, 0.2) is 17.0 Å². The third-order valence-electron chi connectivity index (χ3n) is 2.71. The van der Waals surface area contributed by atoms with Crippen molar-refractivity contribution in [2.24, 2.45) is 5.84 Å². The number of anilines is 1. The monoisotopic (exact) mass is 297 g/mol. The van der Waals surface area contributed by atoms with Crippen molar-refractivity contribution in [3.05, 3.63) is 29.1 Å². The Morgan fingerprint density at radius 1 is 1.30 bits per heavy atom. The fourth-order valence-electron chi connectivity index (χ4n) is 1.95. The maximum absolute atomic E-state index is 12.3. The zero-order valence-corrected chi connectivity index (χ0v) is 11.8. The molecule has 0 saturated carbocycles. The van der Waals surface area contributed by atoms with E-state index >= 15 is 0 Å². The standard InChI is InChI=1S/C10H15N7O2S/c1-6-3-8(13-11)4-7(2)10(6)20(18,19)12-5-9-14-16-17-15-9/h3-4,12-13H,5,11H2,1-2H3,(H,14,15,16,17). The van der Waals surface area contributed by atoms with Gasteiger partial charge in [-0.15, -0.1) is 10.2 Å². The van der Waals surface area contributed by atoms with Gasteiger partial charge in [0.1, 0.15) is 0 Å². The minimum absolute atomic E-state index is 0.0331. The third-order valence-corrected chi connectivity index (χ3v) is 4.41. The van der Waals surface area contributed by atoms with Gasteiger partial charge in [-0.05, 0) is 37.1 Å². The molecule has 0 unspecified atom stereocenters. The van der Waals surface area contributed by atoms with Crippen molar-refractivity contribution in [2.45, 2.75) is 25.3 Å². The zero-order valence-electron chi connectivity index (χ0n) is 11.0. The molecule has 1 heterocycles. The maximum Gasteiger partial charge on any atom is 0.241 e. The average molecular weight is 297 g/mol. The Labute approximate surface area is 116 Å². The molecule has 0 aliphatic carbocycles. The van der Waals surface area contributed by atoms with Gasteiger partial charge in [0.15, 0.2) is 5.82 Å². The number of nitrogens with zero attached hydrogens (tertiary/aromatic N) is 3. The second kappa shape index (κ2) is 5.53. The summed E-state index contributed by atoms with van der Waals surface area (Å²) in [5.74, 6) is 5.60. The Hall–Kier alpha value is -2.04. The highest BCUT2D eigenvalue weighted by Crippen LogP contribution is 2.23. The third kappa shape index (κ3) is 2.92. The van der Waals surface area contributed by atoms with Gasteiger partial charge in [-0.1, -0.05) is 5.21 Å². The number of nitrogens with two attached hydrogens (primary N) is 1. The Balaban J connectivity index is 2.29. The van der Waals surface area contributed by atoms with Crippen LogP contribution in [0.4, 0.5) is 5.69 Å². The second-order valence-electron chi connectivity index (χ2n) is 4.24. The lowest BCUT2D eigenvalue weighted by Crippen LogP contribution is -2.25. The van der Waals surface area contributed by atoms with Crippen LogP contribution >= 0.6 is 0 Å². The van der Waals surface area contributed by atoms with Crippen molar-refractivity contribution in [3.8, 4) is 0 Å². The highest BCUT2D eigenvalue weighted by Gasteiger charge is 2.20. The number of aromatic nitrogens is 4.